The van der Waals surface area contributed by atoms with E-state index >= 15 is 0 Å². The van der Waals surface area contributed by atoms with Gasteiger partial charge in [0.25, 0.3) is 5.91 Å². The Labute approximate surface area is 196 Å². The minimum Gasteiger partial charge on any atom is -0.733 e. The fourth-order valence-electron chi connectivity index (χ4n) is 3.97. The number of nitrogen functional groups attached to an aromatic ring is 1. The van der Waals surface area contributed by atoms with E-state index < -0.39 is 0 Å². The number of aromatic nitrogens is 1. The average Bonchev–Trinajstić information content (AvgIpc) is 3.22. The van der Waals surface area contributed by atoms with Gasteiger partial charge in [-0.1, -0.05) is 30.3 Å². The fraction of sp³-hybridized carbons (Fsp3) is 0.250. The number of nitrogens with one attached hydrogen (secondary N) is 1. The molecule has 0 atom stereocenters. The molecule has 0 spiro atoms. The number of rotatable bonds is 7. The van der Waals surface area contributed by atoms with E-state index in [0.717, 1.165) is 26.7 Å². The molecule has 0 fully saturated rings. The van der Waals surface area contributed by atoms with Crippen LogP contribution in [0.5, 0.6) is 0 Å². The Bertz CT molecular complexity index is 1330. The van der Waals surface area contributed by atoms with E-state index in [1.807, 2.05) is 43.3 Å². The molecule has 4 N–H and O–H groups in total. The number of quaternary nitrogens is 1. The Morgan fingerprint density at radius 2 is 1.85 bits per heavy atom. The van der Waals surface area contributed by atoms with Crippen molar-refractivity contribution >= 4 is 49.7 Å². The highest BCUT2D eigenvalue weighted by molar-refractivity contribution is 7.16. The zero-order chi connectivity index (χ0) is 23.8. The maximum absolute atomic E-state index is 13.0. The third kappa shape index (κ3) is 4.76. The zero-order valence-electron chi connectivity index (χ0n) is 18.8. The normalized spacial score (nSPS) is 11.8. The van der Waals surface area contributed by atoms with E-state index in [-0.39, 0.29) is 16.1 Å². The first-order valence-corrected chi connectivity index (χ1v) is 11.4. The summed E-state index contributed by atoms with van der Waals surface area (Å²) in [5.74, 6) is -0.193. The number of fused-ring (bicyclic) bond motifs is 2. The van der Waals surface area contributed by atoms with Crippen LogP contribution in [0, 0.1) is 12.1 Å². The lowest BCUT2D eigenvalue weighted by Crippen LogP contribution is -2.44. The number of likely N-dealkylation sites (N-methyl/N-ethyl adjacent to an activating group) is 1. The molecule has 0 aliphatic heterocycles. The number of pyridine rings is 1. The molecular formula is C24H27N5O3S. The number of nitrogens with zero attached hydrogens (tertiary/aromatic N) is 3. The molecule has 2 aromatic carbocycles. The summed E-state index contributed by atoms with van der Waals surface area (Å²) in [5.41, 5.74) is 9.96. The SMILES string of the molecule is Cc1cccc2c(N)c3cccc(C(=O)NCC[N+](C)(C)Cc4ccc(N([O-])O)s4)c3nc12. The quantitative estimate of drug-likeness (QED) is 0.216. The first-order chi connectivity index (χ1) is 15.7. The molecule has 33 heavy (non-hydrogen) atoms. The third-order valence-corrected chi connectivity index (χ3v) is 6.77. The highest BCUT2D eigenvalue weighted by Gasteiger charge is 2.19. The maximum atomic E-state index is 13.0. The Kier molecular flexibility index (Phi) is 6.22. The Balaban J connectivity index is 1.49. The van der Waals surface area contributed by atoms with Crippen LogP contribution in [0.25, 0.3) is 21.8 Å². The van der Waals surface area contributed by atoms with Crippen LogP contribution < -0.4 is 16.3 Å². The van der Waals surface area contributed by atoms with Gasteiger partial charge in [0.05, 0.1) is 54.3 Å². The summed E-state index contributed by atoms with van der Waals surface area (Å²) in [5, 5.41) is 24.9. The molecule has 0 aliphatic rings. The highest BCUT2D eigenvalue weighted by atomic mass is 32.1. The third-order valence-electron chi connectivity index (χ3n) is 5.74. The number of hydrogen-bond acceptors (Lipinski definition) is 7. The number of para-hydroxylation sites is 2. The summed E-state index contributed by atoms with van der Waals surface area (Å²) in [4.78, 5) is 18.8. The Morgan fingerprint density at radius 1 is 1.15 bits per heavy atom. The van der Waals surface area contributed by atoms with E-state index in [9.17, 15) is 10.0 Å². The summed E-state index contributed by atoms with van der Waals surface area (Å²) >= 11 is 1.25. The molecule has 0 saturated heterocycles. The van der Waals surface area contributed by atoms with Gasteiger partial charge in [-0.15, -0.1) is 11.3 Å². The van der Waals surface area contributed by atoms with Crippen LogP contribution in [0.2, 0.25) is 0 Å². The van der Waals surface area contributed by atoms with E-state index in [0.29, 0.717) is 40.9 Å². The van der Waals surface area contributed by atoms with Crippen LogP contribution in [-0.4, -0.2) is 47.8 Å². The first-order valence-electron chi connectivity index (χ1n) is 10.6. The second-order valence-electron chi connectivity index (χ2n) is 8.78. The van der Waals surface area contributed by atoms with E-state index in [1.54, 1.807) is 12.1 Å². The predicted octanol–water partition coefficient (Wildman–Crippen LogP) is 4.04. The van der Waals surface area contributed by atoms with Crippen molar-refractivity contribution in [3.8, 4) is 0 Å². The monoisotopic (exact) mass is 465 g/mol. The molecule has 2 aromatic heterocycles. The molecule has 0 unspecified atom stereocenters. The number of carbonyl (C=O) groups excluding carboxylic acids is 1. The first kappa shape index (κ1) is 22.9. The van der Waals surface area contributed by atoms with Crippen molar-refractivity contribution in [3.05, 3.63) is 69.7 Å². The minimum absolute atomic E-state index is 0.121. The van der Waals surface area contributed by atoms with Crippen LogP contribution in [0.15, 0.2) is 48.5 Å². The lowest BCUT2D eigenvalue weighted by molar-refractivity contribution is -0.902. The predicted molar refractivity (Wildman–Crippen MR) is 133 cm³/mol. The summed E-state index contributed by atoms with van der Waals surface area (Å²) in [6, 6.07) is 14.8. The lowest BCUT2D eigenvalue weighted by atomic mass is 10.0. The van der Waals surface area contributed by atoms with Crippen molar-refractivity contribution < 1.29 is 14.5 Å². The van der Waals surface area contributed by atoms with Crippen molar-refractivity contribution in [1.29, 1.82) is 0 Å². The van der Waals surface area contributed by atoms with Gasteiger partial charge >= 0.3 is 0 Å². The fourth-order valence-corrected chi connectivity index (χ4v) is 5.00. The number of anilines is 2. The summed E-state index contributed by atoms with van der Waals surface area (Å²) in [6.45, 7) is 3.80. The molecule has 9 heteroatoms. The van der Waals surface area contributed by atoms with Gasteiger partial charge in [-0.2, -0.15) is 0 Å². The van der Waals surface area contributed by atoms with Crippen molar-refractivity contribution in [2.45, 2.75) is 13.5 Å². The zero-order valence-corrected chi connectivity index (χ0v) is 19.6. The molecular weight excluding hydrogens is 438 g/mol. The molecule has 8 nitrogen and oxygen atoms in total. The largest absolute Gasteiger partial charge is 0.733 e. The van der Waals surface area contributed by atoms with E-state index in [4.69, 9.17) is 15.9 Å². The number of hydrogen-bond donors (Lipinski definition) is 3. The topological polar surface area (TPSA) is 115 Å². The molecule has 0 saturated carbocycles. The summed E-state index contributed by atoms with van der Waals surface area (Å²) < 4.78 is 0.606. The van der Waals surface area contributed by atoms with Crippen LogP contribution in [-0.2, 0) is 6.54 Å². The molecule has 4 aromatic rings. The van der Waals surface area contributed by atoms with Crippen LogP contribution in [0.3, 0.4) is 0 Å². The Hall–Kier alpha value is -3.24. The van der Waals surface area contributed by atoms with Gasteiger partial charge in [0.15, 0.2) is 0 Å². The van der Waals surface area contributed by atoms with Crippen LogP contribution in [0.1, 0.15) is 20.8 Å². The van der Waals surface area contributed by atoms with E-state index in [2.05, 4.69) is 19.4 Å². The standard InChI is InChI=1S/C24H27N5O3S/c1-15-6-4-7-17-21(25)18-8-5-9-19(23(18)27-22(15)17)24(30)26-12-13-29(2,3)14-16-10-11-20(33-16)28(31)32/h4-11,31H,12-14H2,1-3H3,(H2,25,27)(H,26,30). The number of nitrogens with two attached hydrogens (primary N) is 1. The van der Waals surface area contributed by atoms with Crippen molar-refractivity contribution in [2.75, 3.05) is 38.1 Å². The number of thiophene rings is 1. The Morgan fingerprint density at radius 3 is 2.55 bits per heavy atom. The highest BCUT2D eigenvalue weighted by Crippen LogP contribution is 2.31. The number of benzene rings is 2. The maximum Gasteiger partial charge on any atom is 0.253 e. The molecule has 0 radical (unpaired) electrons. The van der Waals surface area contributed by atoms with Gasteiger partial charge in [-0.25, -0.2) is 4.98 Å². The smallest absolute Gasteiger partial charge is 0.253 e. The van der Waals surface area contributed by atoms with Crippen molar-refractivity contribution in [2.24, 2.45) is 0 Å². The van der Waals surface area contributed by atoms with E-state index in [1.165, 1.54) is 11.3 Å². The van der Waals surface area contributed by atoms with Crippen molar-refractivity contribution in [1.82, 2.24) is 10.3 Å². The number of amides is 1. The molecule has 172 valence electrons. The second-order valence-corrected chi connectivity index (χ2v) is 9.93. The number of carbonyl (C=O) groups is 1. The molecule has 0 bridgehead atoms. The molecule has 4 rings (SSSR count). The van der Waals surface area contributed by atoms with Crippen molar-refractivity contribution in [3.63, 3.8) is 0 Å². The van der Waals surface area contributed by atoms with Gasteiger partial charge in [0.2, 0.25) is 0 Å². The van der Waals surface area contributed by atoms with Gasteiger partial charge in [-0.3, -0.25) is 10.0 Å². The van der Waals surface area contributed by atoms with Crippen LogP contribution >= 0.6 is 11.3 Å². The molecule has 2 heterocycles. The van der Waals surface area contributed by atoms with Gasteiger partial charge in [0, 0.05) is 10.8 Å². The summed E-state index contributed by atoms with van der Waals surface area (Å²) in [7, 11) is 4.10. The molecule has 0 aliphatic carbocycles. The minimum atomic E-state index is -0.193. The molecule has 1 amide bonds. The average molecular weight is 466 g/mol. The second kappa shape index (κ2) is 8.95. The van der Waals surface area contributed by atoms with Crippen LogP contribution in [0.4, 0.5) is 10.7 Å². The van der Waals surface area contributed by atoms with Gasteiger partial charge in [0.1, 0.15) is 11.5 Å². The van der Waals surface area contributed by atoms with Gasteiger partial charge < -0.3 is 26.0 Å². The summed E-state index contributed by atoms with van der Waals surface area (Å²) in [6.07, 6.45) is 0. The lowest BCUT2D eigenvalue weighted by Gasteiger charge is -2.29. The number of aryl methyl sites for hydroxylation is 1. The van der Waals surface area contributed by atoms with Gasteiger partial charge in [-0.05, 0) is 30.7 Å².